The van der Waals surface area contributed by atoms with Crippen molar-refractivity contribution in [3.63, 3.8) is 0 Å². The van der Waals surface area contributed by atoms with Gasteiger partial charge in [0.05, 0.1) is 17.0 Å². The molecular weight excluding hydrogens is 264 g/mol. The Kier molecular flexibility index (Phi) is 6.27. The van der Waals surface area contributed by atoms with E-state index in [-0.39, 0.29) is 11.3 Å². The maximum absolute atomic E-state index is 12.9. The molecule has 0 aliphatic heterocycles. The van der Waals surface area contributed by atoms with Crippen LogP contribution in [0, 0.1) is 12.3 Å². The van der Waals surface area contributed by atoms with Crippen LogP contribution in [0.25, 0.3) is 0 Å². The predicted molar refractivity (Wildman–Crippen MR) is 85.2 cm³/mol. The van der Waals surface area contributed by atoms with Crippen molar-refractivity contribution in [3.05, 3.63) is 23.0 Å². The quantitative estimate of drug-likeness (QED) is 0.836. The predicted octanol–water partition coefficient (Wildman–Crippen LogP) is 2.18. The van der Waals surface area contributed by atoms with E-state index in [2.05, 4.69) is 31.0 Å². The lowest BCUT2D eigenvalue weighted by Gasteiger charge is -2.32. The third-order valence-corrected chi connectivity index (χ3v) is 3.51. The molecule has 5 nitrogen and oxygen atoms in total. The number of aryl methyl sites for hydroxylation is 2. The van der Waals surface area contributed by atoms with Crippen LogP contribution in [0.1, 0.15) is 55.9 Å². The minimum absolute atomic E-state index is 0.0354. The Labute approximate surface area is 127 Å². The molecule has 0 saturated heterocycles. The zero-order valence-electron chi connectivity index (χ0n) is 13.9. The van der Waals surface area contributed by atoms with Crippen molar-refractivity contribution < 1.29 is 4.79 Å². The second kappa shape index (κ2) is 7.50. The SMILES string of the molecule is CCCN(CC(C)(C)CN)C(=O)c1cc(C)nnc1CC. The number of nitrogens with two attached hydrogens (primary N) is 1. The molecule has 0 aliphatic carbocycles. The van der Waals surface area contributed by atoms with E-state index in [1.165, 1.54) is 0 Å². The fourth-order valence-electron chi connectivity index (χ4n) is 2.23. The van der Waals surface area contributed by atoms with Crippen molar-refractivity contribution in [2.24, 2.45) is 11.1 Å². The fourth-order valence-corrected chi connectivity index (χ4v) is 2.23. The molecule has 1 rings (SSSR count). The third kappa shape index (κ3) is 4.77. The highest BCUT2D eigenvalue weighted by Gasteiger charge is 2.25. The van der Waals surface area contributed by atoms with E-state index in [4.69, 9.17) is 5.73 Å². The van der Waals surface area contributed by atoms with Gasteiger partial charge in [-0.1, -0.05) is 27.7 Å². The Balaban J connectivity index is 3.08. The molecule has 21 heavy (non-hydrogen) atoms. The van der Waals surface area contributed by atoms with E-state index in [1.807, 2.05) is 24.8 Å². The molecular formula is C16H28N4O. The van der Waals surface area contributed by atoms with Gasteiger partial charge in [0, 0.05) is 13.1 Å². The summed E-state index contributed by atoms with van der Waals surface area (Å²) in [6, 6.07) is 1.84. The van der Waals surface area contributed by atoms with Crippen LogP contribution in [0.5, 0.6) is 0 Å². The summed E-state index contributed by atoms with van der Waals surface area (Å²) in [6.07, 6.45) is 1.62. The van der Waals surface area contributed by atoms with Gasteiger partial charge in [0.15, 0.2) is 0 Å². The number of carbonyl (C=O) groups excluding carboxylic acids is 1. The highest BCUT2D eigenvalue weighted by molar-refractivity contribution is 5.95. The number of nitrogens with zero attached hydrogens (tertiary/aromatic N) is 3. The van der Waals surface area contributed by atoms with Gasteiger partial charge >= 0.3 is 0 Å². The number of aromatic nitrogens is 2. The topological polar surface area (TPSA) is 72.1 Å². The number of amides is 1. The standard InChI is InChI=1S/C16H28N4O/c1-6-8-20(11-16(4,5)10-17)15(21)13-9-12(3)18-19-14(13)7-2/h9H,6-8,10-11,17H2,1-5H3. The van der Waals surface area contributed by atoms with Crippen LogP contribution in [0.2, 0.25) is 0 Å². The van der Waals surface area contributed by atoms with Crippen LogP contribution >= 0.6 is 0 Å². The molecule has 0 saturated carbocycles. The molecule has 0 unspecified atom stereocenters. The van der Waals surface area contributed by atoms with E-state index in [1.54, 1.807) is 0 Å². The third-order valence-electron chi connectivity index (χ3n) is 3.51. The van der Waals surface area contributed by atoms with Crippen LogP contribution in [-0.2, 0) is 6.42 Å². The average Bonchev–Trinajstić information content (AvgIpc) is 2.46. The van der Waals surface area contributed by atoms with E-state index < -0.39 is 0 Å². The van der Waals surface area contributed by atoms with Crippen LogP contribution in [0.3, 0.4) is 0 Å². The van der Waals surface area contributed by atoms with Gasteiger partial charge in [-0.15, -0.1) is 0 Å². The summed E-state index contributed by atoms with van der Waals surface area (Å²) in [6.45, 7) is 12.0. The van der Waals surface area contributed by atoms with Crippen molar-refractivity contribution >= 4 is 5.91 Å². The highest BCUT2D eigenvalue weighted by Crippen LogP contribution is 2.18. The maximum Gasteiger partial charge on any atom is 0.255 e. The van der Waals surface area contributed by atoms with Gasteiger partial charge in [0.25, 0.3) is 5.91 Å². The molecule has 5 heteroatoms. The lowest BCUT2D eigenvalue weighted by Crippen LogP contribution is -2.42. The van der Waals surface area contributed by atoms with Crippen molar-refractivity contribution in [2.45, 2.75) is 47.5 Å². The summed E-state index contributed by atoms with van der Waals surface area (Å²) >= 11 is 0. The van der Waals surface area contributed by atoms with Gasteiger partial charge in [0.2, 0.25) is 0 Å². The van der Waals surface area contributed by atoms with E-state index in [9.17, 15) is 4.79 Å². The molecule has 0 spiro atoms. The molecule has 0 fully saturated rings. The Bertz CT molecular complexity index is 485. The summed E-state index contributed by atoms with van der Waals surface area (Å²) < 4.78 is 0. The molecule has 1 aromatic heterocycles. The lowest BCUT2D eigenvalue weighted by atomic mass is 9.92. The van der Waals surface area contributed by atoms with Crippen molar-refractivity contribution in [1.29, 1.82) is 0 Å². The van der Waals surface area contributed by atoms with Gasteiger partial charge in [-0.3, -0.25) is 4.79 Å². The first-order valence-electron chi connectivity index (χ1n) is 7.67. The molecule has 0 bridgehead atoms. The van der Waals surface area contributed by atoms with Gasteiger partial charge in [0.1, 0.15) is 0 Å². The first kappa shape index (κ1) is 17.6. The molecule has 1 heterocycles. The maximum atomic E-state index is 12.9. The summed E-state index contributed by atoms with van der Waals surface area (Å²) in [5.41, 5.74) is 7.92. The molecule has 0 aliphatic rings. The summed E-state index contributed by atoms with van der Waals surface area (Å²) in [7, 11) is 0. The van der Waals surface area contributed by atoms with Gasteiger partial charge in [-0.05, 0) is 37.8 Å². The smallest absolute Gasteiger partial charge is 0.255 e. The molecule has 2 N–H and O–H groups in total. The van der Waals surface area contributed by atoms with Crippen LogP contribution < -0.4 is 5.73 Å². The largest absolute Gasteiger partial charge is 0.338 e. The first-order valence-corrected chi connectivity index (χ1v) is 7.67. The van der Waals surface area contributed by atoms with Crippen LogP contribution in [0.4, 0.5) is 0 Å². The highest BCUT2D eigenvalue weighted by atomic mass is 16.2. The fraction of sp³-hybridized carbons (Fsp3) is 0.688. The molecule has 0 aromatic carbocycles. The summed E-state index contributed by atoms with van der Waals surface area (Å²) in [5, 5.41) is 8.20. The van der Waals surface area contributed by atoms with E-state index in [0.717, 1.165) is 24.4 Å². The zero-order chi connectivity index (χ0) is 16.0. The Morgan fingerprint density at radius 2 is 2.00 bits per heavy atom. The van der Waals surface area contributed by atoms with Crippen LogP contribution in [0.15, 0.2) is 6.07 Å². The Hall–Kier alpha value is -1.49. The Morgan fingerprint density at radius 3 is 2.52 bits per heavy atom. The Morgan fingerprint density at radius 1 is 1.33 bits per heavy atom. The molecule has 118 valence electrons. The monoisotopic (exact) mass is 292 g/mol. The van der Waals surface area contributed by atoms with E-state index in [0.29, 0.717) is 25.1 Å². The number of rotatable bonds is 7. The average molecular weight is 292 g/mol. The van der Waals surface area contributed by atoms with Crippen molar-refractivity contribution in [2.75, 3.05) is 19.6 Å². The zero-order valence-corrected chi connectivity index (χ0v) is 13.9. The lowest BCUT2D eigenvalue weighted by molar-refractivity contribution is 0.0687. The summed E-state index contributed by atoms with van der Waals surface area (Å²) in [5.74, 6) is 0.0354. The second-order valence-corrected chi connectivity index (χ2v) is 6.29. The first-order chi connectivity index (χ1) is 9.84. The number of hydrogen-bond donors (Lipinski definition) is 1. The van der Waals surface area contributed by atoms with Crippen molar-refractivity contribution in [1.82, 2.24) is 15.1 Å². The molecule has 0 radical (unpaired) electrons. The number of carbonyl (C=O) groups is 1. The van der Waals surface area contributed by atoms with Gasteiger partial charge in [-0.2, -0.15) is 10.2 Å². The van der Waals surface area contributed by atoms with E-state index >= 15 is 0 Å². The van der Waals surface area contributed by atoms with Gasteiger partial charge < -0.3 is 10.6 Å². The normalized spacial score (nSPS) is 11.5. The minimum Gasteiger partial charge on any atom is -0.338 e. The van der Waals surface area contributed by atoms with Crippen molar-refractivity contribution in [3.8, 4) is 0 Å². The molecule has 1 aromatic rings. The molecule has 0 atom stereocenters. The second-order valence-electron chi connectivity index (χ2n) is 6.29. The van der Waals surface area contributed by atoms with Gasteiger partial charge in [-0.25, -0.2) is 0 Å². The number of hydrogen-bond acceptors (Lipinski definition) is 4. The van der Waals surface area contributed by atoms with Crippen LogP contribution in [-0.4, -0.2) is 40.6 Å². The molecule has 1 amide bonds. The summed E-state index contributed by atoms with van der Waals surface area (Å²) in [4.78, 5) is 14.8. The minimum atomic E-state index is -0.0906.